The third-order valence-electron chi connectivity index (χ3n) is 5.90. The van der Waals surface area contributed by atoms with E-state index in [0.29, 0.717) is 24.6 Å². The van der Waals surface area contributed by atoms with Crippen LogP contribution in [-0.4, -0.2) is 56.4 Å². The standard InChI is InChI=1S/C25H28N6OS/c1-6-33-23-20-21(30-15-25(3,4)27-24(30)29(5)22(20)32)28-31(23)14-17-10-12-18(13-11-17)19-9-7-8-16(2)26-19/h7-13H,6,14-15H2,1-5H3. The third-order valence-corrected chi connectivity index (χ3v) is 6.88. The zero-order valence-corrected chi connectivity index (χ0v) is 20.5. The average Bonchev–Trinajstić information content (AvgIpc) is 3.30. The summed E-state index contributed by atoms with van der Waals surface area (Å²) in [5.41, 5.74) is 4.61. The molecule has 0 aliphatic carbocycles. The van der Waals surface area contributed by atoms with Gasteiger partial charge in [0.2, 0.25) is 5.96 Å². The number of anilines is 1. The number of pyridine rings is 1. The number of aryl methyl sites for hydroxylation is 1. The lowest BCUT2D eigenvalue weighted by Gasteiger charge is -2.30. The number of hydrogen-bond donors (Lipinski definition) is 0. The van der Waals surface area contributed by atoms with Gasteiger partial charge in [-0.3, -0.25) is 24.3 Å². The Balaban J connectivity index is 1.50. The summed E-state index contributed by atoms with van der Waals surface area (Å²) in [5.74, 6) is 2.23. The lowest BCUT2D eigenvalue weighted by molar-refractivity contribution is 0.0862. The molecule has 1 amide bonds. The number of guanidine groups is 1. The molecule has 7 nitrogen and oxygen atoms in total. The van der Waals surface area contributed by atoms with E-state index in [1.54, 1.807) is 23.7 Å². The van der Waals surface area contributed by atoms with Crippen LogP contribution in [0, 0.1) is 6.92 Å². The first kappa shape index (κ1) is 21.7. The van der Waals surface area contributed by atoms with Gasteiger partial charge >= 0.3 is 0 Å². The van der Waals surface area contributed by atoms with Crippen LogP contribution < -0.4 is 4.90 Å². The van der Waals surface area contributed by atoms with E-state index in [0.717, 1.165) is 39.1 Å². The minimum Gasteiger partial charge on any atom is -0.292 e. The van der Waals surface area contributed by atoms with Crippen LogP contribution in [0.15, 0.2) is 52.5 Å². The van der Waals surface area contributed by atoms with Crippen LogP contribution in [-0.2, 0) is 6.54 Å². The van der Waals surface area contributed by atoms with Crippen molar-refractivity contribution in [1.29, 1.82) is 0 Å². The van der Waals surface area contributed by atoms with E-state index in [2.05, 4.69) is 54.9 Å². The number of aliphatic imine (C=N–C) groups is 1. The maximum atomic E-state index is 13.3. The molecule has 170 valence electrons. The monoisotopic (exact) mass is 460 g/mol. The molecule has 0 N–H and O–H groups in total. The highest BCUT2D eigenvalue weighted by Crippen LogP contribution is 2.39. The molecule has 2 aliphatic heterocycles. The van der Waals surface area contributed by atoms with Gasteiger partial charge in [-0.05, 0) is 44.2 Å². The molecule has 0 atom stereocenters. The Morgan fingerprint density at radius 2 is 1.88 bits per heavy atom. The van der Waals surface area contributed by atoms with E-state index in [1.165, 1.54) is 0 Å². The van der Waals surface area contributed by atoms with Gasteiger partial charge in [0.05, 0.1) is 24.3 Å². The maximum Gasteiger partial charge on any atom is 0.266 e. The van der Waals surface area contributed by atoms with E-state index < -0.39 is 0 Å². The van der Waals surface area contributed by atoms with Crippen LogP contribution in [0.3, 0.4) is 0 Å². The van der Waals surface area contributed by atoms with Gasteiger partial charge in [0.1, 0.15) is 10.6 Å². The summed E-state index contributed by atoms with van der Waals surface area (Å²) in [5, 5.41) is 5.85. The summed E-state index contributed by atoms with van der Waals surface area (Å²) in [4.78, 5) is 26.4. The summed E-state index contributed by atoms with van der Waals surface area (Å²) in [7, 11) is 1.80. The quantitative estimate of drug-likeness (QED) is 0.526. The highest BCUT2D eigenvalue weighted by molar-refractivity contribution is 7.99. The Morgan fingerprint density at radius 3 is 2.58 bits per heavy atom. The number of benzene rings is 1. The number of amides is 1. The molecular weight excluding hydrogens is 432 g/mol. The summed E-state index contributed by atoms with van der Waals surface area (Å²) < 4.78 is 1.97. The molecule has 0 fully saturated rings. The first-order valence-electron chi connectivity index (χ1n) is 11.2. The van der Waals surface area contributed by atoms with Crippen LogP contribution >= 0.6 is 11.8 Å². The van der Waals surface area contributed by atoms with Crippen molar-refractivity contribution >= 4 is 29.4 Å². The molecule has 0 radical (unpaired) electrons. The molecule has 4 heterocycles. The predicted molar refractivity (Wildman–Crippen MR) is 133 cm³/mol. The minimum absolute atomic E-state index is 0.0410. The number of rotatable bonds is 5. The lowest BCUT2D eigenvalue weighted by Crippen LogP contribution is -2.48. The average molecular weight is 461 g/mol. The maximum absolute atomic E-state index is 13.3. The fourth-order valence-corrected chi connectivity index (χ4v) is 5.22. The SMILES string of the molecule is CCSc1c2c(nn1Cc1ccc(-c3cccc(C)n3)cc1)N1CC(C)(C)N=C1N(C)C2=O. The van der Waals surface area contributed by atoms with Gasteiger partial charge in [-0.25, -0.2) is 4.99 Å². The molecule has 0 bridgehead atoms. The molecule has 1 aromatic carbocycles. The third kappa shape index (κ3) is 3.82. The van der Waals surface area contributed by atoms with Crippen molar-refractivity contribution < 1.29 is 4.79 Å². The van der Waals surface area contributed by atoms with Gasteiger partial charge in [0.15, 0.2) is 5.82 Å². The normalized spacial score (nSPS) is 16.6. The summed E-state index contributed by atoms with van der Waals surface area (Å²) in [6, 6.07) is 14.5. The zero-order valence-electron chi connectivity index (χ0n) is 19.7. The Kier molecular flexibility index (Phi) is 5.28. The fraction of sp³-hybridized carbons (Fsp3) is 0.360. The second-order valence-corrected chi connectivity index (χ2v) is 10.4. The summed E-state index contributed by atoms with van der Waals surface area (Å²) in [6.07, 6.45) is 0. The Morgan fingerprint density at radius 1 is 1.12 bits per heavy atom. The second kappa shape index (κ2) is 8.02. The first-order chi connectivity index (χ1) is 15.8. The van der Waals surface area contributed by atoms with Crippen molar-refractivity contribution in [3.8, 4) is 11.3 Å². The molecule has 33 heavy (non-hydrogen) atoms. The van der Waals surface area contributed by atoms with Gasteiger partial charge in [0, 0.05) is 18.3 Å². The van der Waals surface area contributed by atoms with Crippen molar-refractivity contribution in [2.45, 2.75) is 44.8 Å². The molecule has 8 heteroatoms. The van der Waals surface area contributed by atoms with Gasteiger partial charge in [0.25, 0.3) is 5.91 Å². The van der Waals surface area contributed by atoms with E-state index in [4.69, 9.17) is 10.1 Å². The number of aromatic nitrogens is 3. The van der Waals surface area contributed by atoms with Gasteiger partial charge in [-0.1, -0.05) is 37.3 Å². The highest BCUT2D eigenvalue weighted by atomic mass is 32.2. The summed E-state index contributed by atoms with van der Waals surface area (Å²) in [6.45, 7) is 9.57. The van der Waals surface area contributed by atoms with E-state index >= 15 is 0 Å². The van der Waals surface area contributed by atoms with Crippen LogP contribution in [0.5, 0.6) is 0 Å². The molecule has 3 aromatic rings. The van der Waals surface area contributed by atoms with Crippen molar-refractivity contribution in [3.05, 3.63) is 59.3 Å². The lowest BCUT2D eigenvalue weighted by atomic mass is 10.1. The van der Waals surface area contributed by atoms with Gasteiger partial charge < -0.3 is 0 Å². The molecule has 0 spiro atoms. The van der Waals surface area contributed by atoms with Crippen molar-refractivity contribution in [2.75, 3.05) is 24.2 Å². The Labute approximate surface area is 198 Å². The van der Waals surface area contributed by atoms with Crippen LogP contribution in [0.1, 0.15) is 42.4 Å². The topological polar surface area (TPSA) is 66.6 Å². The molecule has 0 unspecified atom stereocenters. The number of nitrogens with zero attached hydrogens (tertiary/aromatic N) is 6. The van der Waals surface area contributed by atoms with Gasteiger partial charge in [-0.15, -0.1) is 11.8 Å². The number of thioether (sulfide) groups is 1. The minimum atomic E-state index is -0.257. The number of hydrogen-bond acceptors (Lipinski definition) is 6. The molecular formula is C25H28N6OS. The van der Waals surface area contributed by atoms with Crippen LogP contribution in [0.2, 0.25) is 0 Å². The van der Waals surface area contributed by atoms with E-state index in [1.807, 2.05) is 29.8 Å². The largest absolute Gasteiger partial charge is 0.292 e. The predicted octanol–water partition coefficient (Wildman–Crippen LogP) is 4.45. The second-order valence-electron chi connectivity index (χ2n) is 9.13. The summed E-state index contributed by atoms with van der Waals surface area (Å²) >= 11 is 1.66. The van der Waals surface area contributed by atoms with Crippen LogP contribution in [0.4, 0.5) is 5.82 Å². The van der Waals surface area contributed by atoms with E-state index in [-0.39, 0.29) is 11.4 Å². The van der Waals surface area contributed by atoms with Crippen LogP contribution in [0.25, 0.3) is 11.3 Å². The molecule has 0 saturated carbocycles. The molecule has 0 saturated heterocycles. The highest BCUT2D eigenvalue weighted by Gasteiger charge is 2.44. The number of fused-ring (bicyclic) bond motifs is 3. The van der Waals surface area contributed by atoms with E-state index in [9.17, 15) is 4.79 Å². The Bertz CT molecular complexity index is 1260. The number of carbonyl (C=O) groups excluding carboxylic acids is 1. The Hall–Kier alpha value is -3.13. The zero-order chi connectivity index (χ0) is 23.3. The van der Waals surface area contributed by atoms with Gasteiger partial charge in [-0.2, -0.15) is 5.10 Å². The first-order valence-corrected chi connectivity index (χ1v) is 12.2. The van der Waals surface area contributed by atoms with Crippen molar-refractivity contribution in [3.63, 3.8) is 0 Å². The van der Waals surface area contributed by atoms with Crippen molar-refractivity contribution in [2.24, 2.45) is 4.99 Å². The fourth-order valence-electron chi connectivity index (χ4n) is 4.37. The smallest absolute Gasteiger partial charge is 0.266 e. The molecule has 2 aliphatic rings. The van der Waals surface area contributed by atoms with Crippen molar-refractivity contribution in [1.82, 2.24) is 19.7 Å². The molecule has 2 aromatic heterocycles. The number of carbonyl (C=O) groups is 1. The molecule has 5 rings (SSSR count).